The molecule has 0 aliphatic rings. The topological polar surface area (TPSA) is 68.5 Å². The van der Waals surface area contributed by atoms with Crippen LogP contribution >= 0.6 is 15.9 Å². The van der Waals surface area contributed by atoms with Crippen LogP contribution in [-0.2, 0) is 11.3 Å². The minimum absolute atomic E-state index is 0.0590. The first-order chi connectivity index (χ1) is 12.9. The molecule has 0 spiro atoms. The summed E-state index contributed by atoms with van der Waals surface area (Å²) < 4.78 is 12.2. The molecule has 6 nitrogen and oxygen atoms in total. The van der Waals surface area contributed by atoms with Crippen LogP contribution in [0, 0.1) is 13.8 Å². The van der Waals surface area contributed by atoms with Gasteiger partial charge in [0, 0.05) is 17.1 Å². The molecule has 1 amide bonds. The molecular formula is C20H20BrN3O3. The number of nitrogens with zero attached hydrogens (tertiary/aromatic N) is 3. The lowest BCUT2D eigenvalue weighted by atomic mass is 10.1. The zero-order valence-electron chi connectivity index (χ0n) is 15.4. The molecule has 0 saturated heterocycles. The van der Waals surface area contributed by atoms with E-state index in [1.165, 1.54) is 4.90 Å². The van der Waals surface area contributed by atoms with E-state index in [9.17, 15) is 4.79 Å². The van der Waals surface area contributed by atoms with E-state index in [0.29, 0.717) is 17.5 Å². The minimum atomic E-state index is -0.175. The summed E-state index contributed by atoms with van der Waals surface area (Å²) in [6, 6.07) is 13.4. The Balaban J connectivity index is 1.56. The number of benzene rings is 2. The molecule has 1 aromatic heterocycles. The van der Waals surface area contributed by atoms with Gasteiger partial charge >= 0.3 is 0 Å². The minimum Gasteiger partial charge on any atom is -0.484 e. The number of likely N-dealkylation sites (N-methyl/N-ethyl adjacent to an activating group) is 1. The monoisotopic (exact) mass is 429 g/mol. The van der Waals surface area contributed by atoms with Gasteiger partial charge < -0.3 is 14.1 Å². The number of ether oxygens (including phenoxy) is 1. The van der Waals surface area contributed by atoms with Crippen LogP contribution in [0.3, 0.4) is 0 Å². The van der Waals surface area contributed by atoms with Gasteiger partial charge in [-0.05, 0) is 49.7 Å². The molecule has 0 bridgehead atoms. The summed E-state index contributed by atoms with van der Waals surface area (Å²) in [7, 11) is 1.67. The summed E-state index contributed by atoms with van der Waals surface area (Å²) in [5.41, 5.74) is 3.05. The van der Waals surface area contributed by atoms with Gasteiger partial charge in [0.05, 0.1) is 6.54 Å². The van der Waals surface area contributed by atoms with Gasteiger partial charge in [0.25, 0.3) is 5.91 Å². The van der Waals surface area contributed by atoms with E-state index in [1.807, 2.05) is 56.3 Å². The number of hydrogen-bond donors (Lipinski definition) is 0. The molecule has 0 aliphatic heterocycles. The first-order valence-corrected chi connectivity index (χ1v) is 9.24. The van der Waals surface area contributed by atoms with Crippen molar-refractivity contribution in [3.63, 3.8) is 0 Å². The second-order valence-electron chi connectivity index (χ2n) is 6.32. The van der Waals surface area contributed by atoms with E-state index in [1.54, 1.807) is 7.05 Å². The van der Waals surface area contributed by atoms with Crippen LogP contribution in [-0.4, -0.2) is 34.7 Å². The molecule has 0 saturated carbocycles. The lowest BCUT2D eigenvalue weighted by Crippen LogP contribution is -2.31. The maximum Gasteiger partial charge on any atom is 0.260 e. The highest BCUT2D eigenvalue weighted by atomic mass is 79.9. The molecule has 0 fully saturated rings. The Hall–Kier alpha value is -2.67. The van der Waals surface area contributed by atoms with E-state index in [-0.39, 0.29) is 19.1 Å². The molecule has 3 rings (SSSR count). The molecule has 0 aliphatic carbocycles. The molecule has 7 heteroatoms. The van der Waals surface area contributed by atoms with Crippen molar-refractivity contribution in [2.45, 2.75) is 20.4 Å². The third-order valence-electron chi connectivity index (χ3n) is 4.06. The van der Waals surface area contributed by atoms with Crippen LogP contribution in [0.1, 0.15) is 17.0 Å². The summed E-state index contributed by atoms with van der Waals surface area (Å²) in [5.74, 6) is 1.29. The first-order valence-electron chi connectivity index (χ1n) is 8.44. The van der Waals surface area contributed by atoms with E-state index < -0.39 is 0 Å². The van der Waals surface area contributed by atoms with Crippen LogP contribution in [0.5, 0.6) is 5.75 Å². The van der Waals surface area contributed by atoms with Gasteiger partial charge in [0.2, 0.25) is 11.8 Å². The SMILES string of the molecule is Cc1ccc(-c2nnc(CN(C)C(=O)COc3ccc(Br)c(C)c3)o2)cc1. The van der Waals surface area contributed by atoms with Crippen molar-refractivity contribution in [3.8, 4) is 17.2 Å². The Kier molecular flexibility index (Phi) is 5.91. The largest absolute Gasteiger partial charge is 0.484 e. The van der Waals surface area contributed by atoms with Gasteiger partial charge in [0.1, 0.15) is 5.75 Å². The Morgan fingerprint density at radius 3 is 2.59 bits per heavy atom. The Morgan fingerprint density at radius 2 is 1.89 bits per heavy atom. The molecule has 1 heterocycles. The number of aryl methyl sites for hydroxylation is 2. The van der Waals surface area contributed by atoms with Gasteiger partial charge in [-0.1, -0.05) is 33.6 Å². The summed E-state index contributed by atoms with van der Waals surface area (Å²) >= 11 is 3.44. The smallest absolute Gasteiger partial charge is 0.260 e. The molecule has 2 aromatic carbocycles. The van der Waals surface area contributed by atoms with Crippen molar-refractivity contribution in [1.29, 1.82) is 0 Å². The summed E-state index contributed by atoms with van der Waals surface area (Å²) in [5, 5.41) is 8.07. The Bertz CT molecular complexity index is 938. The molecule has 27 heavy (non-hydrogen) atoms. The van der Waals surface area contributed by atoms with Gasteiger partial charge in [0.15, 0.2) is 6.61 Å². The highest BCUT2D eigenvalue weighted by molar-refractivity contribution is 9.10. The average Bonchev–Trinajstić information content (AvgIpc) is 3.11. The van der Waals surface area contributed by atoms with Gasteiger partial charge in [-0.2, -0.15) is 0 Å². The van der Waals surface area contributed by atoms with Crippen LogP contribution in [0.25, 0.3) is 11.5 Å². The second-order valence-corrected chi connectivity index (χ2v) is 7.17. The number of rotatable bonds is 6. The fourth-order valence-corrected chi connectivity index (χ4v) is 2.63. The van der Waals surface area contributed by atoms with Crippen LogP contribution in [0.2, 0.25) is 0 Å². The lowest BCUT2D eigenvalue weighted by Gasteiger charge is -2.15. The average molecular weight is 430 g/mol. The fraction of sp³-hybridized carbons (Fsp3) is 0.250. The molecule has 0 N–H and O–H groups in total. The Labute approximate surface area is 166 Å². The van der Waals surface area contributed by atoms with E-state index in [4.69, 9.17) is 9.15 Å². The fourth-order valence-electron chi connectivity index (χ4n) is 2.38. The normalized spacial score (nSPS) is 10.7. The summed E-state index contributed by atoms with van der Waals surface area (Å²) in [4.78, 5) is 13.8. The van der Waals surface area contributed by atoms with E-state index in [0.717, 1.165) is 21.2 Å². The third kappa shape index (κ3) is 4.95. The van der Waals surface area contributed by atoms with Crippen molar-refractivity contribution in [3.05, 3.63) is 64.0 Å². The first kappa shape index (κ1) is 19.1. The van der Waals surface area contributed by atoms with Gasteiger partial charge in [-0.3, -0.25) is 4.79 Å². The number of hydrogen-bond acceptors (Lipinski definition) is 5. The zero-order valence-corrected chi connectivity index (χ0v) is 17.0. The molecular weight excluding hydrogens is 410 g/mol. The van der Waals surface area contributed by atoms with Crippen LogP contribution in [0.4, 0.5) is 0 Å². The van der Waals surface area contributed by atoms with E-state index >= 15 is 0 Å². The summed E-state index contributed by atoms with van der Waals surface area (Å²) in [6.45, 7) is 4.14. The summed E-state index contributed by atoms with van der Waals surface area (Å²) in [6.07, 6.45) is 0. The van der Waals surface area contributed by atoms with Crippen molar-refractivity contribution in [1.82, 2.24) is 15.1 Å². The number of carbonyl (C=O) groups excluding carboxylic acids is 1. The number of aromatic nitrogens is 2. The zero-order chi connectivity index (χ0) is 19.4. The predicted molar refractivity (Wildman–Crippen MR) is 105 cm³/mol. The molecule has 3 aromatic rings. The van der Waals surface area contributed by atoms with Crippen LogP contribution < -0.4 is 4.74 Å². The molecule has 0 unspecified atom stereocenters. The maximum absolute atomic E-state index is 12.3. The van der Waals surface area contributed by atoms with E-state index in [2.05, 4.69) is 26.1 Å². The maximum atomic E-state index is 12.3. The number of halogens is 1. The molecule has 140 valence electrons. The molecule has 0 atom stereocenters. The highest BCUT2D eigenvalue weighted by Crippen LogP contribution is 2.22. The number of amides is 1. The standard InChI is InChI=1S/C20H20BrN3O3/c1-13-4-6-15(7-5-13)20-23-22-18(27-20)11-24(3)19(25)12-26-16-8-9-17(21)14(2)10-16/h4-10H,11-12H2,1-3H3. The quantitative estimate of drug-likeness (QED) is 0.588. The number of carbonyl (C=O) groups is 1. The van der Waals surface area contributed by atoms with Crippen molar-refractivity contribution < 1.29 is 13.9 Å². The third-order valence-corrected chi connectivity index (χ3v) is 4.95. The van der Waals surface area contributed by atoms with Gasteiger partial charge in [-0.25, -0.2) is 0 Å². The highest BCUT2D eigenvalue weighted by Gasteiger charge is 2.15. The predicted octanol–water partition coefficient (Wildman–Crippen LogP) is 4.15. The molecule has 0 radical (unpaired) electrons. The Morgan fingerprint density at radius 1 is 1.15 bits per heavy atom. The van der Waals surface area contributed by atoms with Gasteiger partial charge in [-0.15, -0.1) is 10.2 Å². The van der Waals surface area contributed by atoms with Crippen LogP contribution in [0.15, 0.2) is 51.4 Å². The second kappa shape index (κ2) is 8.35. The van der Waals surface area contributed by atoms with Crippen molar-refractivity contribution in [2.24, 2.45) is 0 Å². The van der Waals surface area contributed by atoms with Crippen molar-refractivity contribution in [2.75, 3.05) is 13.7 Å². The van der Waals surface area contributed by atoms with Crippen molar-refractivity contribution >= 4 is 21.8 Å². The lowest BCUT2D eigenvalue weighted by molar-refractivity contribution is -0.132.